The molecule has 2 heterocycles. The zero-order valence-electron chi connectivity index (χ0n) is 10.9. The van der Waals surface area contributed by atoms with Crippen LogP contribution < -0.4 is 5.32 Å². The van der Waals surface area contributed by atoms with E-state index in [1.165, 1.54) is 11.8 Å². The van der Waals surface area contributed by atoms with Crippen LogP contribution in [0.4, 0.5) is 5.82 Å². The van der Waals surface area contributed by atoms with E-state index in [-0.39, 0.29) is 0 Å². The Hall–Kier alpha value is -1.33. The van der Waals surface area contributed by atoms with Gasteiger partial charge in [-0.2, -0.15) is 0 Å². The van der Waals surface area contributed by atoms with E-state index in [0.29, 0.717) is 10.8 Å². The molecule has 19 heavy (non-hydrogen) atoms. The second kappa shape index (κ2) is 6.73. The molecule has 4 nitrogen and oxygen atoms in total. The number of rotatable bonds is 5. The van der Waals surface area contributed by atoms with Gasteiger partial charge in [0, 0.05) is 24.5 Å². The summed E-state index contributed by atoms with van der Waals surface area (Å²) in [4.78, 5) is 13.1. The lowest BCUT2D eigenvalue weighted by atomic mass is 10.4. The first kappa shape index (κ1) is 14.1. The molecule has 0 aliphatic carbocycles. The lowest BCUT2D eigenvalue weighted by Gasteiger charge is -2.07. The van der Waals surface area contributed by atoms with Crippen molar-refractivity contribution in [3.05, 3.63) is 40.9 Å². The Morgan fingerprint density at radius 3 is 2.95 bits per heavy atom. The number of halogens is 1. The monoisotopic (exact) mass is 294 g/mol. The molecule has 100 valence electrons. The molecule has 1 N–H and O–H groups in total. The molecule has 0 aromatic carbocycles. The Kier molecular flexibility index (Phi) is 4.99. The molecule has 0 fully saturated rings. The van der Waals surface area contributed by atoms with Crippen molar-refractivity contribution >= 4 is 29.2 Å². The smallest absolute Gasteiger partial charge is 0.141 e. The van der Waals surface area contributed by atoms with Crippen molar-refractivity contribution in [3.63, 3.8) is 0 Å². The molecule has 0 spiro atoms. The van der Waals surface area contributed by atoms with E-state index < -0.39 is 0 Å². The average molecular weight is 295 g/mol. The second-order valence-corrected chi connectivity index (χ2v) is 5.29. The number of thioether (sulfide) groups is 1. The van der Waals surface area contributed by atoms with E-state index in [4.69, 9.17) is 11.6 Å². The first-order chi connectivity index (χ1) is 9.19. The normalized spacial score (nSPS) is 10.5. The summed E-state index contributed by atoms with van der Waals surface area (Å²) in [6.07, 6.45) is 1.73. The van der Waals surface area contributed by atoms with Gasteiger partial charge in [0.05, 0.1) is 10.8 Å². The van der Waals surface area contributed by atoms with Gasteiger partial charge < -0.3 is 5.32 Å². The molecule has 0 saturated heterocycles. The van der Waals surface area contributed by atoms with Crippen molar-refractivity contribution in [2.24, 2.45) is 0 Å². The van der Waals surface area contributed by atoms with E-state index in [9.17, 15) is 0 Å². The van der Waals surface area contributed by atoms with Crippen LogP contribution in [0.25, 0.3) is 0 Å². The van der Waals surface area contributed by atoms with Gasteiger partial charge >= 0.3 is 0 Å². The first-order valence-corrected chi connectivity index (χ1v) is 7.37. The predicted octanol–water partition coefficient (Wildman–Crippen LogP) is 3.56. The maximum atomic E-state index is 6.07. The molecule has 0 atom stereocenters. The number of anilines is 1. The third kappa shape index (κ3) is 4.08. The zero-order chi connectivity index (χ0) is 13.7. The summed E-state index contributed by atoms with van der Waals surface area (Å²) in [6.45, 7) is 4.85. The molecule has 0 bridgehead atoms. The van der Waals surface area contributed by atoms with E-state index in [1.807, 2.05) is 32.0 Å². The van der Waals surface area contributed by atoms with Gasteiger partial charge in [0.1, 0.15) is 16.7 Å². The molecule has 0 aliphatic rings. The number of aromatic nitrogens is 3. The Morgan fingerprint density at radius 1 is 1.37 bits per heavy atom. The van der Waals surface area contributed by atoms with Crippen molar-refractivity contribution in [3.8, 4) is 0 Å². The Morgan fingerprint density at radius 2 is 2.21 bits per heavy atom. The van der Waals surface area contributed by atoms with E-state index in [0.717, 1.165) is 28.9 Å². The van der Waals surface area contributed by atoms with Crippen LogP contribution in [0.1, 0.15) is 18.4 Å². The van der Waals surface area contributed by atoms with Crippen LogP contribution in [0.15, 0.2) is 29.4 Å². The average Bonchev–Trinajstić information content (AvgIpc) is 2.37. The topological polar surface area (TPSA) is 50.7 Å². The van der Waals surface area contributed by atoms with Crippen LogP contribution in [-0.4, -0.2) is 21.5 Å². The third-order valence-electron chi connectivity index (χ3n) is 2.32. The summed E-state index contributed by atoms with van der Waals surface area (Å²) < 4.78 is 0. The lowest BCUT2D eigenvalue weighted by Crippen LogP contribution is -2.04. The van der Waals surface area contributed by atoms with Gasteiger partial charge in [-0.05, 0) is 26.0 Å². The Balaban J connectivity index is 2.09. The molecule has 2 aromatic rings. The maximum Gasteiger partial charge on any atom is 0.141 e. The summed E-state index contributed by atoms with van der Waals surface area (Å²) in [5.41, 5.74) is 0.952. The van der Waals surface area contributed by atoms with Crippen LogP contribution >= 0.6 is 23.4 Å². The minimum atomic E-state index is 0.650. The number of nitrogens with zero attached hydrogens (tertiary/aromatic N) is 3. The fraction of sp³-hybridized carbons (Fsp3) is 0.308. The molecule has 0 aliphatic heterocycles. The minimum Gasteiger partial charge on any atom is -0.370 e. The quantitative estimate of drug-likeness (QED) is 0.855. The van der Waals surface area contributed by atoms with Crippen molar-refractivity contribution < 1.29 is 0 Å². The van der Waals surface area contributed by atoms with Gasteiger partial charge in [-0.15, -0.1) is 0 Å². The fourth-order valence-corrected chi connectivity index (χ4v) is 2.60. The molecule has 6 heteroatoms. The predicted molar refractivity (Wildman–Crippen MR) is 79.7 cm³/mol. The van der Waals surface area contributed by atoms with E-state index >= 15 is 0 Å². The summed E-state index contributed by atoms with van der Waals surface area (Å²) >= 11 is 7.61. The molecular formula is C13H15ClN4S. The van der Waals surface area contributed by atoms with Crippen LogP contribution in [0.5, 0.6) is 0 Å². The highest BCUT2D eigenvalue weighted by molar-refractivity contribution is 7.98. The molecular weight excluding hydrogens is 280 g/mol. The standard InChI is InChI=1S/C13H15ClN4S/c1-3-15-11-7-9(2)17-12(18-11)8-19-13-10(14)5-4-6-16-13/h4-7H,3,8H2,1-2H3,(H,15,17,18). The molecule has 2 aromatic heterocycles. The molecule has 0 saturated carbocycles. The largest absolute Gasteiger partial charge is 0.370 e. The van der Waals surface area contributed by atoms with Gasteiger partial charge in [-0.25, -0.2) is 15.0 Å². The summed E-state index contributed by atoms with van der Waals surface area (Å²) in [5.74, 6) is 2.29. The van der Waals surface area contributed by atoms with E-state index in [2.05, 4.69) is 20.3 Å². The van der Waals surface area contributed by atoms with Crippen LogP contribution in [0.3, 0.4) is 0 Å². The number of hydrogen-bond donors (Lipinski definition) is 1. The summed E-state index contributed by atoms with van der Waals surface area (Å²) in [7, 11) is 0. The third-order valence-corrected chi connectivity index (χ3v) is 3.74. The van der Waals surface area contributed by atoms with Crippen LogP contribution in [0.2, 0.25) is 5.02 Å². The SMILES string of the molecule is CCNc1cc(C)nc(CSc2ncccc2Cl)n1. The lowest BCUT2D eigenvalue weighted by molar-refractivity contribution is 0.983. The summed E-state index contributed by atoms with van der Waals surface area (Å²) in [5, 5.41) is 4.66. The van der Waals surface area contributed by atoms with E-state index in [1.54, 1.807) is 6.20 Å². The highest BCUT2D eigenvalue weighted by Crippen LogP contribution is 2.26. The number of pyridine rings is 1. The van der Waals surface area contributed by atoms with Gasteiger partial charge in [-0.1, -0.05) is 23.4 Å². The van der Waals surface area contributed by atoms with Gasteiger partial charge in [0.15, 0.2) is 0 Å². The van der Waals surface area contributed by atoms with Crippen LogP contribution in [-0.2, 0) is 5.75 Å². The Bertz CT molecular complexity index is 562. The highest BCUT2D eigenvalue weighted by atomic mass is 35.5. The number of nitrogens with one attached hydrogen (secondary N) is 1. The van der Waals surface area contributed by atoms with Crippen molar-refractivity contribution in [2.75, 3.05) is 11.9 Å². The molecule has 0 unspecified atom stereocenters. The molecule has 0 radical (unpaired) electrons. The van der Waals surface area contributed by atoms with Gasteiger partial charge in [-0.3, -0.25) is 0 Å². The van der Waals surface area contributed by atoms with Crippen LogP contribution in [0, 0.1) is 6.92 Å². The molecule has 0 amide bonds. The van der Waals surface area contributed by atoms with Crippen molar-refractivity contribution in [1.82, 2.24) is 15.0 Å². The molecule has 2 rings (SSSR count). The van der Waals surface area contributed by atoms with Gasteiger partial charge in [0.2, 0.25) is 0 Å². The first-order valence-electron chi connectivity index (χ1n) is 6.00. The second-order valence-electron chi connectivity index (χ2n) is 3.92. The highest BCUT2D eigenvalue weighted by Gasteiger charge is 2.06. The summed E-state index contributed by atoms with van der Waals surface area (Å²) in [6, 6.07) is 5.59. The Labute approximate surface area is 122 Å². The maximum absolute atomic E-state index is 6.07. The number of hydrogen-bond acceptors (Lipinski definition) is 5. The van der Waals surface area contributed by atoms with Crippen molar-refractivity contribution in [1.29, 1.82) is 0 Å². The van der Waals surface area contributed by atoms with Gasteiger partial charge in [0.25, 0.3) is 0 Å². The zero-order valence-corrected chi connectivity index (χ0v) is 12.4. The van der Waals surface area contributed by atoms with Crippen molar-refractivity contribution in [2.45, 2.75) is 24.6 Å². The number of aryl methyl sites for hydroxylation is 1. The minimum absolute atomic E-state index is 0.650. The fourth-order valence-electron chi connectivity index (χ4n) is 1.58.